The van der Waals surface area contributed by atoms with Crippen molar-refractivity contribution in [2.45, 2.75) is 30.9 Å². The predicted molar refractivity (Wildman–Crippen MR) is 97.5 cm³/mol. The second-order valence-electron chi connectivity index (χ2n) is 5.93. The Labute approximate surface area is 158 Å². The highest BCUT2D eigenvalue weighted by Gasteiger charge is 2.31. The Hall–Kier alpha value is -2.42. The Kier molecular flexibility index (Phi) is 5.50. The fourth-order valence-electron chi connectivity index (χ4n) is 2.65. The van der Waals surface area contributed by atoms with Gasteiger partial charge < -0.3 is 14.5 Å². The van der Waals surface area contributed by atoms with Crippen LogP contribution in [0.15, 0.2) is 29.6 Å². The van der Waals surface area contributed by atoms with Crippen LogP contribution in [0.4, 0.5) is 13.2 Å². The molecule has 0 aliphatic rings. The number of hydrogen-bond donors (Lipinski definition) is 1. The number of nitrogens with one attached hydrogen (secondary N) is 1. The fraction of sp³-hybridized carbons (Fsp3) is 0.333. The third kappa shape index (κ3) is 4.29. The van der Waals surface area contributed by atoms with Gasteiger partial charge in [0.15, 0.2) is 11.8 Å². The van der Waals surface area contributed by atoms with Gasteiger partial charge in [0.25, 0.3) is 0 Å². The number of ether oxygens (including phenoxy) is 2. The molecule has 0 saturated heterocycles. The van der Waals surface area contributed by atoms with Crippen molar-refractivity contribution < 1.29 is 22.6 Å². The van der Waals surface area contributed by atoms with E-state index in [1.807, 2.05) is 13.8 Å². The molecular weight excluding hydrogens is 379 g/mol. The van der Waals surface area contributed by atoms with Gasteiger partial charge in [-0.3, -0.25) is 4.98 Å². The minimum Gasteiger partial charge on any atom is -0.496 e. The van der Waals surface area contributed by atoms with Crippen LogP contribution in [0.3, 0.4) is 0 Å². The van der Waals surface area contributed by atoms with Gasteiger partial charge in [0.1, 0.15) is 11.5 Å². The average Bonchev–Trinajstić information content (AvgIpc) is 3.03. The molecule has 0 bridgehead atoms. The van der Waals surface area contributed by atoms with Crippen LogP contribution in [0.2, 0.25) is 0 Å². The first-order valence-corrected chi connectivity index (χ1v) is 9.06. The lowest BCUT2D eigenvalue weighted by atomic mass is 10.1. The largest absolute Gasteiger partial charge is 0.496 e. The normalized spacial score (nSPS) is 11.8. The van der Waals surface area contributed by atoms with Crippen molar-refractivity contribution >= 4 is 22.8 Å². The van der Waals surface area contributed by atoms with Gasteiger partial charge in [0.05, 0.1) is 23.8 Å². The molecule has 3 rings (SSSR count). The number of imidazole rings is 1. The molecule has 27 heavy (non-hydrogen) atoms. The number of H-pyrrole nitrogens is 1. The second kappa shape index (κ2) is 7.67. The molecule has 0 amide bonds. The molecule has 1 aromatic carbocycles. The summed E-state index contributed by atoms with van der Waals surface area (Å²) < 4.78 is 48.1. The maximum atomic E-state index is 13.0. The van der Waals surface area contributed by atoms with E-state index in [2.05, 4.69) is 19.7 Å². The Morgan fingerprint density at radius 1 is 1.26 bits per heavy atom. The molecule has 0 aliphatic carbocycles. The van der Waals surface area contributed by atoms with Crippen LogP contribution >= 0.6 is 11.8 Å². The molecule has 5 nitrogen and oxygen atoms in total. The van der Waals surface area contributed by atoms with Crippen molar-refractivity contribution in [2.75, 3.05) is 13.8 Å². The summed E-state index contributed by atoms with van der Waals surface area (Å²) in [5.41, 5.74) is 3.92. The molecule has 1 N–H and O–H groups in total. The van der Waals surface area contributed by atoms with Crippen molar-refractivity contribution in [1.29, 1.82) is 0 Å². The molecule has 0 atom stereocenters. The summed E-state index contributed by atoms with van der Waals surface area (Å²) in [5, 5.41) is 0.611. The molecule has 0 unspecified atom stereocenters. The molecule has 0 spiro atoms. The molecule has 2 aromatic heterocycles. The highest BCUT2D eigenvalue weighted by Crippen LogP contribution is 2.30. The zero-order valence-electron chi connectivity index (χ0n) is 15.0. The number of rotatable bonds is 7. The van der Waals surface area contributed by atoms with E-state index >= 15 is 0 Å². The maximum Gasteiger partial charge on any atom is 0.427 e. The lowest BCUT2D eigenvalue weighted by molar-refractivity contribution is -0.186. The summed E-state index contributed by atoms with van der Waals surface area (Å²) in [7, 11) is 1.62. The van der Waals surface area contributed by atoms with Gasteiger partial charge in [0, 0.05) is 29.1 Å². The lowest BCUT2D eigenvalue weighted by Crippen LogP contribution is -2.26. The average molecular weight is 397 g/mol. The van der Waals surface area contributed by atoms with Crippen LogP contribution in [0, 0.1) is 13.8 Å². The minimum absolute atomic E-state index is 0.133. The van der Waals surface area contributed by atoms with E-state index < -0.39 is 12.8 Å². The van der Waals surface area contributed by atoms with Crippen LogP contribution in [0.1, 0.15) is 16.8 Å². The number of pyridine rings is 1. The number of benzene rings is 1. The third-order valence-electron chi connectivity index (χ3n) is 3.95. The SMILES string of the molecule is COc1c(C)cnc(CSc2nc3ccc(OC(F)(F)CF)cc3[nH]2)c1C. The Bertz CT molecular complexity index is 962. The monoisotopic (exact) mass is 397 g/mol. The smallest absolute Gasteiger partial charge is 0.427 e. The first-order valence-electron chi connectivity index (χ1n) is 8.07. The number of nitrogens with zero attached hydrogens (tertiary/aromatic N) is 2. The molecule has 0 fully saturated rings. The zero-order chi connectivity index (χ0) is 19.6. The van der Waals surface area contributed by atoms with Crippen molar-refractivity contribution in [2.24, 2.45) is 0 Å². The zero-order valence-corrected chi connectivity index (χ0v) is 15.8. The third-order valence-corrected chi connectivity index (χ3v) is 4.83. The van der Waals surface area contributed by atoms with Crippen molar-refractivity contribution in [3.63, 3.8) is 0 Å². The first kappa shape index (κ1) is 19.3. The van der Waals surface area contributed by atoms with E-state index in [-0.39, 0.29) is 5.75 Å². The molecule has 144 valence electrons. The Morgan fingerprint density at radius 3 is 2.74 bits per heavy atom. The summed E-state index contributed by atoms with van der Waals surface area (Å²) in [4.78, 5) is 11.9. The highest BCUT2D eigenvalue weighted by atomic mass is 32.2. The summed E-state index contributed by atoms with van der Waals surface area (Å²) in [5.74, 6) is 1.23. The number of fused-ring (bicyclic) bond motifs is 1. The number of aromatic nitrogens is 3. The summed E-state index contributed by atoms with van der Waals surface area (Å²) >= 11 is 1.43. The first-order chi connectivity index (χ1) is 12.8. The highest BCUT2D eigenvalue weighted by molar-refractivity contribution is 7.98. The van der Waals surface area contributed by atoms with Gasteiger partial charge in [-0.1, -0.05) is 11.8 Å². The van der Waals surface area contributed by atoms with Gasteiger partial charge in [-0.05, 0) is 26.0 Å². The van der Waals surface area contributed by atoms with Crippen LogP contribution < -0.4 is 9.47 Å². The molecule has 0 aliphatic heterocycles. The van der Waals surface area contributed by atoms with E-state index in [0.717, 1.165) is 22.6 Å². The van der Waals surface area contributed by atoms with Gasteiger partial charge in [-0.25, -0.2) is 9.37 Å². The summed E-state index contributed by atoms with van der Waals surface area (Å²) in [6, 6.07) is 4.24. The summed E-state index contributed by atoms with van der Waals surface area (Å²) in [6.07, 6.45) is -2.09. The molecule has 0 saturated carbocycles. The Balaban J connectivity index is 1.77. The van der Waals surface area contributed by atoms with Gasteiger partial charge in [0.2, 0.25) is 0 Å². The van der Waals surface area contributed by atoms with Crippen molar-refractivity contribution in [3.8, 4) is 11.5 Å². The Morgan fingerprint density at radius 2 is 2.04 bits per heavy atom. The number of aromatic amines is 1. The molecular formula is C18H18F3N3O2S. The quantitative estimate of drug-likeness (QED) is 0.580. The van der Waals surface area contributed by atoms with Crippen LogP contribution in [-0.2, 0) is 5.75 Å². The van der Waals surface area contributed by atoms with Crippen LogP contribution in [0.5, 0.6) is 11.5 Å². The molecule has 3 aromatic rings. The van der Waals surface area contributed by atoms with Crippen LogP contribution in [0.25, 0.3) is 11.0 Å². The minimum atomic E-state index is -3.85. The topological polar surface area (TPSA) is 60.0 Å². The van der Waals surface area contributed by atoms with E-state index in [9.17, 15) is 13.2 Å². The fourth-order valence-corrected chi connectivity index (χ4v) is 3.56. The number of hydrogen-bond acceptors (Lipinski definition) is 5. The number of alkyl halides is 3. The summed E-state index contributed by atoms with van der Waals surface area (Å²) in [6.45, 7) is 1.99. The van der Waals surface area contributed by atoms with Crippen molar-refractivity contribution in [1.82, 2.24) is 15.0 Å². The maximum absolute atomic E-state index is 13.0. The lowest BCUT2D eigenvalue weighted by Gasteiger charge is -2.13. The van der Waals surface area contributed by atoms with Crippen LogP contribution in [-0.4, -0.2) is 34.8 Å². The van der Waals surface area contributed by atoms with E-state index in [4.69, 9.17) is 4.74 Å². The number of aryl methyl sites for hydroxylation is 1. The van der Waals surface area contributed by atoms with Gasteiger partial charge in [-0.15, -0.1) is 0 Å². The van der Waals surface area contributed by atoms with Gasteiger partial charge in [-0.2, -0.15) is 8.78 Å². The van der Waals surface area contributed by atoms with E-state index in [1.165, 1.54) is 30.0 Å². The standard InChI is InChI=1S/C18H18F3N3O2S/c1-10-7-22-15(11(2)16(10)25-3)8-27-17-23-13-5-4-12(6-14(13)24-17)26-18(20,21)9-19/h4-7H,8-9H2,1-3H3,(H,23,24). The van der Waals surface area contributed by atoms with Gasteiger partial charge >= 0.3 is 6.11 Å². The van der Waals surface area contributed by atoms with E-state index in [0.29, 0.717) is 21.9 Å². The van der Waals surface area contributed by atoms with Crippen molar-refractivity contribution in [3.05, 3.63) is 41.2 Å². The number of halogens is 3. The van der Waals surface area contributed by atoms with E-state index in [1.54, 1.807) is 13.3 Å². The number of methoxy groups -OCH3 is 1. The predicted octanol–water partition coefficient (Wildman–Crippen LogP) is 4.82. The molecule has 9 heteroatoms. The number of thioether (sulfide) groups is 1. The molecule has 2 heterocycles. The second-order valence-corrected chi connectivity index (χ2v) is 6.89. The molecule has 0 radical (unpaired) electrons.